The number of nitrogens with two attached hydrogens (primary N) is 1. The minimum absolute atomic E-state index is 0.171. The van der Waals surface area contributed by atoms with E-state index in [1.165, 1.54) is 18.3 Å². The van der Waals surface area contributed by atoms with Gasteiger partial charge >= 0.3 is 6.18 Å². The molecule has 1 amide bonds. The molecule has 0 saturated carbocycles. The largest absolute Gasteiger partial charge is 0.416 e. The quantitative estimate of drug-likeness (QED) is 0.211. The number of aromatic nitrogens is 3. The van der Waals surface area contributed by atoms with Crippen molar-refractivity contribution in [2.75, 3.05) is 10.6 Å². The minimum atomic E-state index is -4.50. The number of primary amides is 1. The Morgan fingerprint density at radius 3 is 2.42 bits per heavy atom. The number of thiophene rings is 1. The summed E-state index contributed by atoms with van der Waals surface area (Å²) in [5, 5.41) is 9.98. The second-order valence-electron chi connectivity index (χ2n) is 8.17. The Morgan fingerprint density at radius 1 is 0.868 bits per heavy atom. The highest BCUT2D eigenvalue weighted by atomic mass is 32.1. The van der Waals surface area contributed by atoms with E-state index in [2.05, 4.69) is 25.6 Å². The molecule has 3 aromatic heterocycles. The normalized spacial score (nSPS) is 11.2. The predicted octanol–water partition coefficient (Wildman–Crippen LogP) is 6.87. The molecule has 0 fully saturated rings. The van der Waals surface area contributed by atoms with Crippen LogP contribution in [-0.2, 0) is 6.18 Å². The van der Waals surface area contributed by atoms with Crippen molar-refractivity contribution in [1.29, 1.82) is 0 Å². The average Bonchev–Trinajstić information content (AvgIpc) is 3.44. The van der Waals surface area contributed by atoms with Gasteiger partial charge in [0.1, 0.15) is 11.6 Å². The smallest absolute Gasteiger partial charge is 0.366 e. The highest BCUT2D eigenvalue weighted by molar-refractivity contribution is 7.08. The zero-order valence-electron chi connectivity index (χ0n) is 19.5. The van der Waals surface area contributed by atoms with Crippen LogP contribution in [0.1, 0.15) is 15.9 Å². The van der Waals surface area contributed by atoms with E-state index in [0.717, 1.165) is 23.3 Å². The van der Waals surface area contributed by atoms with Crippen molar-refractivity contribution in [2.24, 2.45) is 5.73 Å². The lowest BCUT2D eigenvalue weighted by Gasteiger charge is -2.15. The van der Waals surface area contributed by atoms with Gasteiger partial charge in [-0.25, -0.2) is 9.97 Å². The standard InChI is InChI=1S/C27H19F3N6OS/c28-27(29,30)20-5-2-6-21(12-20)34-25-22(16-3-1-4-17(11-16)24(31)37)14-33-26(36-25)35-23-8-7-18(13-32-23)19-9-10-38-15-19/h1-15H,(H2,31,37)(H2,32,33,34,35,36). The molecule has 4 N–H and O–H groups in total. The molecule has 0 unspecified atom stereocenters. The molecule has 0 saturated heterocycles. The van der Waals surface area contributed by atoms with E-state index in [1.807, 2.05) is 22.9 Å². The van der Waals surface area contributed by atoms with Crippen LogP contribution in [0.2, 0.25) is 0 Å². The second kappa shape index (κ2) is 10.3. The van der Waals surface area contributed by atoms with Crippen LogP contribution in [0.3, 0.4) is 0 Å². The summed E-state index contributed by atoms with van der Waals surface area (Å²) in [6.45, 7) is 0. The van der Waals surface area contributed by atoms with Crippen molar-refractivity contribution in [3.8, 4) is 22.3 Å². The Balaban J connectivity index is 1.50. The third-order valence-corrected chi connectivity index (χ3v) is 6.24. The van der Waals surface area contributed by atoms with Crippen LogP contribution >= 0.6 is 11.3 Å². The number of anilines is 4. The summed E-state index contributed by atoms with van der Waals surface area (Å²) >= 11 is 1.59. The van der Waals surface area contributed by atoms with Gasteiger partial charge in [0, 0.05) is 34.8 Å². The maximum Gasteiger partial charge on any atom is 0.416 e. The third kappa shape index (κ3) is 5.62. The summed E-state index contributed by atoms with van der Waals surface area (Å²) in [5.41, 5.74) is 8.08. The highest BCUT2D eigenvalue weighted by Gasteiger charge is 2.30. The van der Waals surface area contributed by atoms with Gasteiger partial charge in [0.05, 0.1) is 5.56 Å². The number of hydrogen-bond acceptors (Lipinski definition) is 7. The maximum absolute atomic E-state index is 13.3. The number of carbonyl (C=O) groups excluding carboxylic acids is 1. The van der Waals surface area contributed by atoms with Crippen LogP contribution < -0.4 is 16.4 Å². The molecular weight excluding hydrogens is 513 g/mol. The molecular formula is C27H19F3N6OS. The molecule has 3 heterocycles. The molecule has 38 heavy (non-hydrogen) atoms. The van der Waals surface area contributed by atoms with Gasteiger partial charge in [-0.1, -0.05) is 18.2 Å². The minimum Gasteiger partial charge on any atom is -0.366 e. The number of halogens is 3. The summed E-state index contributed by atoms with van der Waals surface area (Å²) in [6.07, 6.45) is -1.28. The molecule has 5 rings (SSSR count). The molecule has 7 nitrogen and oxygen atoms in total. The maximum atomic E-state index is 13.3. The molecule has 0 radical (unpaired) electrons. The van der Waals surface area contributed by atoms with Crippen LogP contribution in [0, 0.1) is 0 Å². The van der Waals surface area contributed by atoms with Crippen molar-refractivity contribution in [3.05, 3.63) is 101 Å². The number of rotatable bonds is 7. The van der Waals surface area contributed by atoms with E-state index < -0.39 is 17.6 Å². The summed E-state index contributed by atoms with van der Waals surface area (Å²) < 4.78 is 39.8. The molecule has 0 bridgehead atoms. The molecule has 11 heteroatoms. The first-order chi connectivity index (χ1) is 18.3. The first-order valence-corrected chi connectivity index (χ1v) is 12.2. The van der Waals surface area contributed by atoms with Crippen molar-refractivity contribution < 1.29 is 18.0 Å². The number of nitrogens with one attached hydrogen (secondary N) is 2. The Kier molecular flexibility index (Phi) is 6.75. The van der Waals surface area contributed by atoms with E-state index in [9.17, 15) is 18.0 Å². The van der Waals surface area contributed by atoms with Gasteiger partial charge in [-0.05, 0) is 70.4 Å². The van der Waals surface area contributed by atoms with Crippen LogP contribution in [0.4, 0.5) is 36.4 Å². The lowest BCUT2D eigenvalue weighted by atomic mass is 10.0. The van der Waals surface area contributed by atoms with Gasteiger partial charge in [-0.15, -0.1) is 0 Å². The van der Waals surface area contributed by atoms with Crippen LogP contribution in [-0.4, -0.2) is 20.9 Å². The summed E-state index contributed by atoms with van der Waals surface area (Å²) in [7, 11) is 0. The van der Waals surface area contributed by atoms with Gasteiger partial charge in [0.15, 0.2) is 0 Å². The van der Waals surface area contributed by atoms with E-state index in [0.29, 0.717) is 16.9 Å². The molecule has 0 spiro atoms. The Labute approximate surface area is 219 Å². The van der Waals surface area contributed by atoms with Crippen molar-refractivity contribution in [2.45, 2.75) is 6.18 Å². The van der Waals surface area contributed by atoms with Crippen molar-refractivity contribution in [1.82, 2.24) is 15.0 Å². The fourth-order valence-corrected chi connectivity index (χ4v) is 4.35. The highest BCUT2D eigenvalue weighted by Crippen LogP contribution is 2.34. The second-order valence-corrected chi connectivity index (χ2v) is 8.95. The Morgan fingerprint density at radius 2 is 1.71 bits per heavy atom. The van der Waals surface area contributed by atoms with E-state index >= 15 is 0 Å². The van der Waals surface area contributed by atoms with E-state index in [4.69, 9.17) is 5.73 Å². The lowest BCUT2D eigenvalue weighted by molar-refractivity contribution is -0.137. The van der Waals surface area contributed by atoms with Crippen molar-refractivity contribution >= 4 is 40.5 Å². The molecule has 0 aliphatic rings. The Hall–Kier alpha value is -4.77. The Bertz CT molecular complexity index is 1590. The SMILES string of the molecule is NC(=O)c1cccc(-c2cnc(Nc3ccc(-c4ccsc4)cn3)nc2Nc2cccc(C(F)(F)F)c2)c1. The lowest BCUT2D eigenvalue weighted by Crippen LogP contribution is -2.11. The van der Waals surface area contributed by atoms with Gasteiger partial charge in [0.2, 0.25) is 11.9 Å². The van der Waals surface area contributed by atoms with Crippen molar-refractivity contribution in [3.63, 3.8) is 0 Å². The first-order valence-electron chi connectivity index (χ1n) is 11.2. The number of hydrogen-bond donors (Lipinski definition) is 3. The summed E-state index contributed by atoms with van der Waals surface area (Å²) in [5.74, 6) is 0.260. The van der Waals surface area contributed by atoms with Crippen LogP contribution in [0.25, 0.3) is 22.3 Å². The fourth-order valence-electron chi connectivity index (χ4n) is 3.68. The van der Waals surface area contributed by atoms with Gasteiger partial charge in [-0.2, -0.15) is 29.5 Å². The number of amides is 1. The first kappa shape index (κ1) is 24.9. The third-order valence-electron chi connectivity index (χ3n) is 5.56. The summed E-state index contributed by atoms with van der Waals surface area (Å²) in [4.78, 5) is 25.0. The average molecular weight is 533 g/mol. The fraction of sp³-hybridized carbons (Fsp3) is 0.0370. The molecule has 0 atom stereocenters. The van der Waals surface area contributed by atoms with E-state index in [1.54, 1.807) is 47.9 Å². The molecule has 0 aliphatic carbocycles. The van der Waals surface area contributed by atoms with Crippen LogP contribution in [0.15, 0.2) is 89.9 Å². The van der Waals surface area contributed by atoms with E-state index in [-0.39, 0.29) is 23.0 Å². The zero-order chi connectivity index (χ0) is 26.7. The molecule has 190 valence electrons. The van der Waals surface area contributed by atoms with Crippen LogP contribution in [0.5, 0.6) is 0 Å². The molecule has 2 aromatic carbocycles. The predicted molar refractivity (Wildman–Crippen MR) is 142 cm³/mol. The zero-order valence-corrected chi connectivity index (χ0v) is 20.3. The summed E-state index contributed by atoms with van der Waals surface area (Å²) in [6, 6.07) is 17.0. The monoisotopic (exact) mass is 532 g/mol. The number of alkyl halides is 3. The number of benzene rings is 2. The topological polar surface area (TPSA) is 106 Å². The molecule has 5 aromatic rings. The van der Waals surface area contributed by atoms with Gasteiger partial charge < -0.3 is 16.4 Å². The number of carbonyl (C=O) groups is 1. The number of pyridine rings is 1. The number of nitrogens with zero attached hydrogens (tertiary/aromatic N) is 3. The van der Waals surface area contributed by atoms with Gasteiger partial charge in [-0.3, -0.25) is 4.79 Å². The van der Waals surface area contributed by atoms with Gasteiger partial charge in [0.25, 0.3) is 0 Å². The molecule has 0 aliphatic heterocycles.